The molecular weight excluding hydrogens is 226 g/mol. The van der Waals surface area contributed by atoms with Gasteiger partial charge in [-0.3, -0.25) is 4.79 Å². The van der Waals surface area contributed by atoms with Crippen LogP contribution in [0, 0.1) is 6.92 Å². The van der Waals surface area contributed by atoms with E-state index in [-0.39, 0.29) is 5.78 Å². The minimum atomic E-state index is 0.107. The van der Waals surface area contributed by atoms with Crippen molar-refractivity contribution >= 4 is 34.1 Å². The summed E-state index contributed by atoms with van der Waals surface area (Å²) in [5.74, 6) is 0.107. The Hall–Kier alpha value is -1.55. The molecule has 1 N–H and O–H groups in total. The Morgan fingerprint density at radius 3 is 3.12 bits per heavy atom. The summed E-state index contributed by atoms with van der Waals surface area (Å²) < 4.78 is 1.76. The number of aromatic nitrogens is 2. The van der Waals surface area contributed by atoms with Gasteiger partial charge < -0.3 is 9.88 Å². The molecular formula is C11H10ClN3O. The maximum Gasteiger partial charge on any atom is 0.204 e. The fourth-order valence-corrected chi connectivity index (χ4v) is 2.32. The van der Waals surface area contributed by atoms with E-state index in [4.69, 9.17) is 11.6 Å². The Morgan fingerprint density at radius 2 is 2.31 bits per heavy atom. The number of anilines is 1. The number of carbonyl (C=O) groups excluding carboxylic acids is 1. The number of ketones is 1. The smallest absolute Gasteiger partial charge is 0.204 e. The summed E-state index contributed by atoms with van der Waals surface area (Å²) in [5.41, 5.74) is 3.79. The van der Waals surface area contributed by atoms with Gasteiger partial charge in [-0.15, -0.1) is 0 Å². The Balaban J connectivity index is 2.40. The lowest BCUT2D eigenvalue weighted by Gasteiger charge is -2.04. The molecule has 0 fully saturated rings. The van der Waals surface area contributed by atoms with Crippen LogP contribution in [0.5, 0.6) is 0 Å². The van der Waals surface area contributed by atoms with E-state index in [2.05, 4.69) is 10.3 Å². The van der Waals surface area contributed by atoms with Crippen molar-refractivity contribution in [2.24, 2.45) is 0 Å². The zero-order valence-electron chi connectivity index (χ0n) is 8.75. The molecule has 0 aliphatic carbocycles. The first kappa shape index (κ1) is 9.66. The highest BCUT2D eigenvalue weighted by Gasteiger charge is 2.19. The van der Waals surface area contributed by atoms with Crippen LogP contribution in [-0.2, 0) is 11.3 Å². The molecule has 2 heterocycles. The highest BCUT2D eigenvalue weighted by Crippen LogP contribution is 2.29. The van der Waals surface area contributed by atoms with Gasteiger partial charge in [0.2, 0.25) is 5.28 Å². The number of nitrogens with zero attached hydrogens (tertiary/aromatic N) is 2. The first-order valence-electron chi connectivity index (χ1n) is 5.07. The number of Topliss-reactive ketones (excluding diaryl/α,β-unsaturated/α-hetero) is 1. The molecule has 3 rings (SSSR count). The van der Waals surface area contributed by atoms with Crippen LogP contribution < -0.4 is 5.32 Å². The van der Waals surface area contributed by atoms with Gasteiger partial charge in [-0.1, -0.05) is 0 Å². The van der Waals surface area contributed by atoms with Crippen LogP contribution in [0.2, 0.25) is 5.28 Å². The van der Waals surface area contributed by atoms with E-state index in [1.54, 1.807) is 4.57 Å². The molecule has 0 spiro atoms. The van der Waals surface area contributed by atoms with Gasteiger partial charge in [-0.25, -0.2) is 4.98 Å². The molecule has 4 nitrogen and oxygen atoms in total. The SMILES string of the molecule is Cc1cc2c3c(c1)nc(Cl)n3CC(=O)CN2. The topological polar surface area (TPSA) is 46.9 Å². The molecule has 1 aliphatic rings. The maximum atomic E-state index is 11.6. The summed E-state index contributed by atoms with van der Waals surface area (Å²) in [7, 11) is 0. The van der Waals surface area contributed by atoms with Gasteiger partial charge in [0.1, 0.15) is 0 Å². The lowest BCUT2D eigenvalue weighted by atomic mass is 10.2. The molecule has 82 valence electrons. The second-order valence-electron chi connectivity index (χ2n) is 4.04. The maximum absolute atomic E-state index is 11.6. The fraction of sp³-hybridized carbons (Fsp3) is 0.273. The van der Waals surface area contributed by atoms with E-state index in [9.17, 15) is 4.79 Å². The van der Waals surface area contributed by atoms with Crippen molar-refractivity contribution in [1.82, 2.24) is 9.55 Å². The third-order valence-corrected chi connectivity index (χ3v) is 3.04. The van der Waals surface area contributed by atoms with Crippen molar-refractivity contribution in [3.8, 4) is 0 Å². The summed E-state index contributed by atoms with van der Waals surface area (Å²) in [4.78, 5) is 15.8. The summed E-state index contributed by atoms with van der Waals surface area (Å²) >= 11 is 6.04. The third-order valence-electron chi connectivity index (χ3n) is 2.75. The molecule has 0 amide bonds. The van der Waals surface area contributed by atoms with Gasteiger partial charge in [-0.05, 0) is 36.2 Å². The number of rotatable bonds is 0. The van der Waals surface area contributed by atoms with E-state index in [1.807, 2.05) is 19.1 Å². The number of hydrogen-bond acceptors (Lipinski definition) is 3. The average molecular weight is 236 g/mol. The van der Waals surface area contributed by atoms with E-state index in [0.717, 1.165) is 22.3 Å². The summed E-state index contributed by atoms with van der Waals surface area (Å²) in [6.45, 7) is 2.63. The Bertz CT molecular complexity index is 603. The number of nitrogens with one attached hydrogen (secondary N) is 1. The predicted molar refractivity (Wildman–Crippen MR) is 63.0 cm³/mol. The monoisotopic (exact) mass is 235 g/mol. The van der Waals surface area contributed by atoms with Crippen LogP contribution in [0.25, 0.3) is 11.0 Å². The van der Waals surface area contributed by atoms with Crippen molar-refractivity contribution in [3.05, 3.63) is 23.0 Å². The van der Waals surface area contributed by atoms with Crippen LogP contribution in [0.1, 0.15) is 5.56 Å². The van der Waals surface area contributed by atoms with Gasteiger partial charge in [0, 0.05) is 0 Å². The Labute approximate surface area is 97.2 Å². The molecule has 0 bridgehead atoms. The number of halogens is 1. The van der Waals surface area contributed by atoms with Crippen LogP contribution in [0.4, 0.5) is 5.69 Å². The van der Waals surface area contributed by atoms with Gasteiger partial charge in [0.15, 0.2) is 5.78 Å². The third kappa shape index (κ3) is 1.30. The molecule has 5 heteroatoms. The average Bonchev–Trinajstić information content (AvgIpc) is 2.43. The highest BCUT2D eigenvalue weighted by molar-refractivity contribution is 6.29. The van der Waals surface area contributed by atoms with Crippen molar-refractivity contribution in [3.63, 3.8) is 0 Å². The van der Waals surface area contributed by atoms with Crippen LogP contribution >= 0.6 is 11.6 Å². The first-order chi connectivity index (χ1) is 7.65. The fourth-order valence-electron chi connectivity index (χ4n) is 2.09. The van der Waals surface area contributed by atoms with Crippen molar-refractivity contribution in [2.75, 3.05) is 11.9 Å². The zero-order chi connectivity index (χ0) is 11.3. The minimum Gasteiger partial charge on any atom is -0.376 e. The molecule has 1 aliphatic heterocycles. The Morgan fingerprint density at radius 1 is 1.50 bits per heavy atom. The summed E-state index contributed by atoms with van der Waals surface area (Å²) in [5, 5.41) is 3.50. The number of carbonyl (C=O) groups is 1. The lowest BCUT2D eigenvalue weighted by Crippen LogP contribution is -2.15. The molecule has 1 aromatic heterocycles. The van der Waals surface area contributed by atoms with E-state index >= 15 is 0 Å². The van der Waals surface area contributed by atoms with Crippen molar-refractivity contribution in [2.45, 2.75) is 13.5 Å². The first-order valence-corrected chi connectivity index (χ1v) is 5.45. The highest BCUT2D eigenvalue weighted by atomic mass is 35.5. The molecule has 0 radical (unpaired) electrons. The molecule has 1 aromatic carbocycles. The van der Waals surface area contributed by atoms with E-state index in [1.165, 1.54) is 0 Å². The molecule has 0 saturated carbocycles. The van der Waals surface area contributed by atoms with Crippen LogP contribution in [0.3, 0.4) is 0 Å². The van der Waals surface area contributed by atoms with Gasteiger partial charge >= 0.3 is 0 Å². The normalized spacial score (nSPS) is 15.0. The molecule has 0 saturated heterocycles. The number of hydrogen-bond donors (Lipinski definition) is 1. The van der Waals surface area contributed by atoms with E-state index < -0.39 is 0 Å². The van der Waals surface area contributed by atoms with Gasteiger partial charge in [0.25, 0.3) is 0 Å². The standard InChI is InChI=1S/C11H10ClN3O/c1-6-2-8-10-9(3-6)14-11(12)15(10)5-7(16)4-13-8/h2-3,13H,4-5H2,1H3. The van der Waals surface area contributed by atoms with Crippen molar-refractivity contribution < 1.29 is 4.79 Å². The molecule has 0 atom stereocenters. The minimum absolute atomic E-state index is 0.107. The second kappa shape index (κ2) is 3.22. The summed E-state index contributed by atoms with van der Waals surface area (Å²) in [6.07, 6.45) is 0. The van der Waals surface area contributed by atoms with Crippen LogP contribution in [0.15, 0.2) is 12.1 Å². The predicted octanol–water partition coefficient (Wildman–Crippen LogP) is 1.99. The molecule has 16 heavy (non-hydrogen) atoms. The van der Waals surface area contributed by atoms with Gasteiger partial charge in [0.05, 0.1) is 29.8 Å². The van der Waals surface area contributed by atoms with E-state index in [0.29, 0.717) is 18.4 Å². The number of imidazole rings is 1. The number of aryl methyl sites for hydroxylation is 1. The van der Waals surface area contributed by atoms with Crippen LogP contribution in [-0.4, -0.2) is 21.9 Å². The summed E-state index contributed by atoms with van der Waals surface area (Å²) in [6, 6.07) is 3.98. The number of benzene rings is 1. The second-order valence-corrected chi connectivity index (χ2v) is 4.38. The molecule has 2 aromatic rings. The quantitative estimate of drug-likeness (QED) is 0.760. The lowest BCUT2D eigenvalue weighted by molar-refractivity contribution is -0.117. The van der Waals surface area contributed by atoms with Gasteiger partial charge in [-0.2, -0.15) is 0 Å². The largest absolute Gasteiger partial charge is 0.376 e. The molecule has 0 unspecified atom stereocenters. The zero-order valence-corrected chi connectivity index (χ0v) is 9.51. The Kier molecular flexibility index (Phi) is 1.94. The van der Waals surface area contributed by atoms with Crippen molar-refractivity contribution in [1.29, 1.82) is 0 Å².